The molecule has 0 spiro atoms. The maximum Gasteiger partial charge on any atom is 0.416 e. The molecule has 0 aliphatic carbocycles. The van der Waals surface area contributed by atoms with Gasteiger partial charge in [0.1, 0.15) is 10.9 Å². The van der Waals surface area contributed by atoms with Crippen LogP contribution >= 0.6 is 11.6 Å². The van der Waals surface area contributed by atoms with Gasteiger partial charge in [0.25, 0.3) is 0 Å². The molecular formula is C19H22ClF3N4O. The van der Waals surface area contributed by atoms with Crippen LogP contribution < -0.4 is 15.4 Å². The molecule has 0 radical (unpaired) electrons. The smallest absolute Gasteiger partial charge is 0.416 e. The van der Waals surface area contributed by atoms with Crippen LogP contribution in [-0.4, -0.2) is 31.1 Å². The van der Waals surface area contributed by atoms with Crippen LogP contribution in [0.25, 0.3) is 0 Å². The highest BCUT2D eigenvalue weighted by Gasteiger charge is 2.33. The van der Waals surface area contributed by atoms with Crippen LogP contribution in [0.1, 0.15) is 23.6 Å². The summed E-state index contributed by atoms with van der Waals surface area (Å²) in [4.78, 5) is 8.29. The fourth-order valence-corrected chi connectivity index (χ4v) is 2.58. The van der Waals surface area contributed by atoms with Crippen LogP contribution in [0.2, 0.25) is 5.15 Å². The van der Waals surface area contributed by atoms with E-state index in [0.29, 0.717) is 30.6 Å². The number of guanidine groups is 1. The number of methoxy groups -OCH3 is 1. The van der Waals surface area contributed by atoms with E-state index in [9.17, 15) is 13.2 Å². The molecule has 2 N–H and O–H groups in total. The molecule has 0 unspecified atom stereocenters. The minimum Gasteiger partial charge on any atom is -0.497 e. The van der Waals surface area contributed by atoms with Crippen molar-refractivity contribution in [3.63, 3.8) is 0 Å². The summed E-state index contributed by atoms with van der Waals surface area (Å²) in [5, 5.41) is 6.55. The van der Waals surface area contributed by atoms with Crippen LogP contribution in [0.15, 0.2) is 41.5 Å². The van der Waals surface area contributed by atoms with Gasteiger partial charge in [0, 0.05) is 19.3 Å². The van der Waals surface area contributed by atoms with E-state index in [2.05, 4.69) is 20.6 Å². The molecule has 0 amide bonds. The first-order chi connectivity index (χ1) is 13.3. The second-order valence-electron chi connectivity index (χ2n) is 5.88. The molecule has 5 nitrogen and oxygen atoms in total. The molecule has 1 aromatic carbocycles. The van der Waals surface area contributed by atoms with Gasteiger partial charge in [0.05, 0.1) is 19.2 Å². The Morgan fingerprint density at radius 2 is 2.00 bits per heavy atom. The van der Waals surface area contributed by atoms with Gasteiger partial charge in [-0.15, -0.1) is 0 Å². The lowest BCUT2D eigenvalue weighted by Crippen LogP contribution is -2.38. The molecule has 0 bridgehead atoms. The van der Waals surface area contributed by atoms with Crippen LogP contribution in [-0.2, 0) is 19.1 Å². The molecule has 0 saturated carbocycles. The van der Waals surface area contributed by atoms with Crippen molar-refractivity contribution in [2.75, 3.05) is 20.2 Å². The zero-order chi connectivity index (χ0) is 20.6. The number of alkyl halides is 3. The minimum atomic E-state index is -4.48. The average molecular weight is 415 g/mol. The highest BCUT2D eigenvalue weighted by atomic mass is 35.5. The van der Waals surface area contributed by atoms with Gasteiger partial charge in [0.15, 0.2) is 5.96 Å². The van der Waals surface area contributed by atoms with Gasteiger partial charge in [-0.3, -0.25) is 0 Å². The molecule has 152 valence electrons. The summed E-state index contributed by atoms with van der Waals surface area (Å²) >= 11 is 5.76. The normalized spacial score (nSPS) is 12.0. The number of ether oxygens (including phenoxy) is 1. The second-order valence-corrected chi connectivity index (χ2v) is 6.27. The number of hydrogen-bond acceptors (Lipinski definition) is 3. The number of aromatic nitrogens is 1. The maximum absolute atomic E-state index is 13.3. The number of nitrogens with zero attached hydrogens (tertiary/aromatic N) is 2. The van der Waals surface area contributed by atoms with Gasteiger partial charge in [-0.05, 0) is 42.7 Å². The first-order valence-corrected chi connectivity index (χ1v) is 9.08. The van der Waals surface area contributed by atoms with Gasteiger partial charge in [-0.1, -0.05) is 23.7 Å². The molecular weight excluding hydrogens is 393 g/mol. The van der Waals surface area contributed by atoms with Gasteiger partial charge < -0.3 is 15.4 Å². The van der Waals surface area contributed by atoms with Gasteiger partial charge >= 0.3 is 6.18 Å². The summed E-state index contributed by atoms with van der Waals surface area (Å²) in [6.45, 7) is 2.90. The van der Waals surface area contributed by atoms with Crippen molar-refractivity contribution >= 4 is 17.6 Å². The van der Waals surface area contributed by atoms with E-state index in [1.165, 1.54) is 19.2 Å². The molecule has 0 atom stereocenters. The predicted molar refractivity (Wildman–Crippen MR) is 104 cm³/mol. The molecule has 1 aromatic heterocycles. The van der Waals surface area contributed by atoms with E-state index in [0.717, 1.165) is 11.6 Å². The molecule has 0 aliphatic rings. The molecule has 28 heavy (non-hydrogen) atoms. The van der Waals surface area contributed by atoms with Crippen molar-refractivity contribution in [1.82, 2.24) is 15.6 Å². The molecule has 2 rings (SSSR count). The lowest BCUT2D eigenvalue weighted by atomic mass is 10.1. The van der Waals surface area contributed by atoms with E-state index in [4.69, 9.17) is 16.3 Å². The largest absolute Gasteiger partial charge is 0.497 e. The Hall–Kier alpha value is -2.48. The Morgan fingerprint density at radius 3 is 2.61 bits per heavy atom. The Labute approximate surface area is 167 Å². The van der Waals surface area contributed by atoms with Gasteiger partial charge in [-0.25, -0.2) is 9.98 Å². The summed E-state index contributed by atoms with van der Waals surface area (Å²) in [5.74, 6) is 0.593. The van der Waals surface area contributed by atoms with Crippen molar-refractivity contribution in [3.05, 3.63) is 58.4 Å². The minimum absolute atomic E-state index is 0.0763. The van der Waals surface area contributed by atoms with E-state index < -0.39 is 11.7 Å². The molecule has 2 aromatic rings. The van der Waals surface area contributed by atoms with E-state index in [-0.39, 0.29) is 17.9 Å². The number of aliphatic imine (C=N–C) groups is 1. The van der Waals surface area contributed by atoms with Gasteiger partial charge in [0.2, 0.25) is 0 Å². The molecule has 9 heteroatoms. The number of pyridine rings is 1. The zero-order valence-corrected chi connectivity index (χ0v) is 16.4. The van der Waals surface area contributed by atoms with E-state index >= 15 is 0 Å². The van der Waals surface area contributed by atoms with Crippen molar-refractivity contribution in [2.45, 2.75) is 26.1 Å². The van der Waals surface area contributed by atoms with Crippen LogP contribution in [0, 0.1) is 0 Å². The SMILES string of the molecule is CCNC(=NCc1ccc(OC)cc1C(F)(F)F)NCCc1ccc(Cl)nc1. The summed E-state index contributed by atoms with van der Waals surface area (Å²) in [5.41, 5.74) is 0.313. The van der Waals surface area contributed by atoms with Crippen LogP contribution in [0.5, 0.6) is 5.75 Å². The molecule has 0 saturated heterocycles. The molecule has 0 aliphatic heterocycles. The first-order valence-electron chi connectivity index (χ1n) is 8.70. The fraction of sp³-hybridized carbons (Fsp3) is 0.368. The van der Waals surface area contributed by atoms with Gasteiger partial charge in [-0.2, -0.15) is 13.2 Å². The zero-order valence-electron chi connectivity index (χ0n) is 15.6. The topological polar surface area (TPSA) is 58.5 Å². The third-order valence-electron chi connectivity index (χ3n) is 3.87. The highest BCUT2D eigenvalue weighted by molar-refractivity contribution is 6.29. The Morgan fingerprint density at radius 1 is 1.21 bits per heavy atom. The van der Waals surface area contributed by atoms with Crippen molar-refractivity contribution < 1.29 is 17.9 Å². The number of rotatable bonds is 7. The summed E-state index contributed by atoms with van der Waals surface area (Å²) in [6, 6.07) is 7.44. The van der Waals surface area contributed by atoms with Crippen LogP contribution in [0.4, 0.5) is 13.2 Å². The maximum atomic E-state index is 13.3. The quantitative estimate of drug-likeness (QED) is 0.407. The van der Waals surface area contributed by atoms with Crippen LogP contribution in [0.3, 0.4) is 0 Å². The average Bonchev–Trinajstić information content (AvgIpc) is 2.66. The standard InChI is InChI=1S/C19H22ClF3N4O/c1-3-24-18(25-9-8-13-4-7-17(20)26-11-13)27-12-14-5-6-15(28-2)10-16(14)19(21,22)23/h4-7,10-11H,3,8-9,12H2,1-2H3,(H2,24,25,27). The first kappa shape index (κ1) is 21.8. The third-order valence-corrected chi connectivity index (χ3v) is 4.09. The number of halogens is 4. The summed E-state index contributed by atoms with van der Waals surface area (Å²) in [7, 11) is 1.33. The highest BCUT2D eigenvalue weighted by Crippen LogP contribution is 2.34. The Kier molecular flexibility index (Phi) is 7.92. The Bertz CT molecular complexity index is 795. The molecule has 1 heterocycles. The van der Waals surface area contributed by atoms with Crippen molar-refractivity contribution in [2.24, 2.45) is 4.99 Å². The molecule has 0 fully saturated rings. The lowest BCUT2D eigenvalue weighted by Gasteiger charge is -2.15. The van der Waals surface area contributed by atoms with Crippen molar-refractivity contribution in [1.29, 1.82) is 0 Å². The van der Waals surface area contributed by atoms with E-state index in [1.807, 2.05) is 13.0 Å². The number of benzene rings is 1. The summed E-state index contributed by atoms with van der Waals surface area (Å²) < 4.78 is 44.8. The number of nitrogens with one attached hydrogen (secondary N) is 2. The fourth-order valence-electron chi connectivity index (χ4n) is 2.47. The lowest BCUT2D eigenvalue weighted by molar-refractivity contribution is -0.138. The predicted octanol–water partition coefficient (Wildman–Crippen LogP) is 4.06. The van der Waals surface area contributed by atoms with Crippen molar-refractivity contribution in [3.8, 4) is 5.75 Å². The number of hydrogen-bond donors (Lipinski definition) is 2. The monoisotopic (exact) mass is 414 g/mol. The Balaban J connectivity index is 2.06. The summed E-state index contributed by atoms with van der Waals surface area (Å²) in [6.07, 6.45) is -2.13. The van der Waals surface area contributed by atoms with E-state index in [1.54, 1.807) is 12.3 Å². The third kappa shape index (κ3) is 6.60. The second kappa shape index (κ2) is 10.2.